The highest BCUT2D eigenvalue weighted by atomic mass is 32.1. The van der Waals surface area contributed by atoms with Crippen molar-refractivity contribution in [3.63, 3.8) is 0 Å². The number of carbonyl (C=O) groups is 1. The van der Waals surface area contributed by atoms with Gasteiger partial charge in [0, 0.05) is 18.5 Å². The number of hydrogen-bond acceptors (Lipinski definition) is 3. The second kappa shape index (κ2) is 6.75. The van der Waals surface area contributed by atoms with Gasteiger partial charge in [0.2, 0.25) is 5.91 Å². The van der Waals surface area contributed by atoms with E-state index < -0.39 is 0 Å². The van der Waals surface area contributed by atoms with Gasteiger partial charge in [-0.2, -0.15) is 11.3 Å². The summed E-state index contributed by atoms with van der Waals surface area (Å²) in [5.41, 5.74) is 4.38. The van der Waals surface area contributed by atoms with Gasteiger partial charge in [-0.05, 0) is 90.5 Å². The van der Waals surface area contributed by atoms with Crippen LogP contribution < -0.4 is 5.32 Å². The Morgan fingerprint density at radius 2 is 2.07 bits per heavy atom. The summed E-state index contributed by atoms with van der Waals surface area (Å²) in [6, 6.07) is 11.2. The summed E-state index contributed by atoms with van der Waals surface area (Å²) in [5, 5.41) is 7.80. The monoisotopic (exact) mass is 380 g/mol. The number of piperidine rings is 1. The zero-order valence-electron chi connectivity index (χ0n) is 16.0. The van der Waals surface area contributed by atoms with Gasteiger partial charge in [-0.3, -0.25) is 4.79 Å². The molecule has 142 valence electrons. The lowest BCUT2D eigenvalue weighted by molar-refractivity contribution is -0.134. The molecule has 1 aromatic heterocycles. The molecule has 3 unspecified atom stereocenters. The Balaban J connectivity index is 1.35. The molecule has 27 heavy (non-hydrogen) atoms. The van der Waals surface area contributed by atoms with Crippen molar-refractivity contribution in [3.8, 4) is 0 Å². The molecular formula is C23H28N2OS. The van der Waals surface area contributed by atoms with E-state index in [1.165, 1.54) is 36.0 Å². The minimum absolute atomic E-state index is 0.184. The lowest BCUT2D eigenvalue weighted by Crippen LogP contribution is -2.39. The van der Waals surface area contributed by atoms with E-state index in [1.54, 1.807) is 11.3 Å². The molecule has 0 bridgehead atoms. The maximum absolute atomic E-state index is 13.5. The van der Waals surface area contributed by atoms with Crippen molar-refractivity contribution in [1.29, 1.82) is 0 Å². The van der Waals surface area contributed by atoms with Crippen LogP contribution in [0.1, 0.15) is 48.3 Å². The number of aryl methyl sites for hydroxylation is 1. The number of nitrogens with zero attached hydrogens (tertiary/aromatic N) is 1. The van der Waals surface area contributed by atoms with Crippen LogP contribution in [0.3, 0.4) is 0 Å². The first-order valence-electron chi connectivity index (χ1n) is 10.3. The fourth-order valence-corrected chi connectivity index (χ4v) is 5.84. The van der Waals surface area contributed by atoms with Gasteiger partial charge >= 0.3 is 0 Å². The number of carbonyl (C=O) groups excluding carboxylic acids is 1. The second-order valence-electron chi connectivity index (χ2n) is 8.74. The summed E-state index contributed by atoms with van der Waals surface area (Å²) >= 11 is 1.73. The molecule has 3 nitrogen and oxygen atoms in total. The van der Waals surface area contributed by atoms with E-state index in [-0.39, 0.29) is 5.92 Å². The van der Waals surface area contributed by atoms with Gasteiger partial charge in [0.15, 0.2) is 0 Å². The lowest BCUT2D eigenvalue weighted by atomic mass is 9.93. The molecule has 2 aliphatic carbocycles. The predicted octanol–water partition coefficient (Wildman–Crippen LogP) is 4.33. The molecule has 3 aliphatic rings. The van der Waals surface area contributed by atoms with Gasteiger partial charge in [-0.25, -0.2) is 0 Å². The van der Waals surface area contributed by atoms with Crippen LogP contribution in [0.5, 0.6) is 0 Å². The van der Waals surface area contributed by atoms with Crippen molar-refractivity contribution >= 4 is 17.2 Å². The molecule has 1 N–H and O–H groups in total. The Kier molecular flexibility index (Phi) is 4.36. The van der Waals surface area contributed by atoms with Gasteiger partial charge in [-0.15, -0.1) is 0 Å². The van der Waals surface area contributed by atoms with E-state index in [1.807, 2.05) is 0 Å². The molecule has 1 aromatic carbocycles. The third kappa shape index (κ3) is 3.23. The van der Waals surface area contributed by atoms with Gasteiger partial charge in [0.1, 0.15) is 0 Å². The Bertz CT molecular complexity index is 825. The maximum atomic E-state index is 13.5. The number of benzene rings is 1. The fraction of sp³-hybridized carbons (Fsp3) is 0.522. The molecule has 1 amide bonds. The lowest BCUT2D eigenvalue weighted by Gasteiger charge is -2.30. The molecule has 3 fully saturated rings. The third-order valence-corrected chi connectivity index (χ3v) is 7.77. The Labute approximate surface area is 165 Å². The van der Waals surface area contributed by atoms with E-state index in [4.69, 9.17) is 0 Å². The fourth-order valence-electron chi connectivity index (χ4n) is 5.18. The van der Waals surface area contributed by atoms with Crippen LogP contribution >= 0.6 is 11.3 Å². The first-order valence-corrected chi connectivity index (χ1v) is 11.2. The van der Waals surface area contributed by atoms with E-state index in [0.717, 1.165) is 26.1 Å². The molecule has 1 aliphatic heterocycles. The topological polar surface area (TPSA) is 32.3 Å². The van der Waals surface area contributed by atoms with Crippen molar-refractivity contribution < 1.29 is 4.79 Å². The van der Waals surface area contributed by atoms with Gasteiger partial charge in [-0.1, -0.05) is 24.3 Å². The first-order chi connectivity index (χ1) is 13.2. The maximum Gasteiger partial charge on any atom is 0.226 e. The molecule has 3 atom stereocenters. The van der Waals surface area contributed by atoms with Gasteiger partial charge in [0.25, 0.3) is 0 Å². The molecule has 4 heteroatoms. The summed E-state index contributed by atoms with van der Waals surface area (Å²) in [7, 11) is 0. The summed E-state index contributed by atoms with van der Waals surface area (Å²) in [6.45, 7) is 5.17. The van der Waals surface area contributed by atoms with Crippen molar-refractivity contribution in [3.05, 3.63) is 57.8 Å². The standard InChI is InChI=1S/C23H28N2OS/c1-16-4-2-3-5-18(16)19-12-20(19)22(26)25(14-17-6-11-27-15-17)21-13-23(21)7-9-24-10-8-23/h2-6,11,15,19-21,24H,7-10,12-14H2,1H3. The largest absolute Gasteiger partial charge is 0.335 e. The molecule has 1 spiro atoms. The molecule has 1 saturated heterocycles. The Morgan fingerprint density at radius 3 is 2.81 bits per heavy atom. The van der Waals surface area contributed by atoms with Crippen LogP contribution in [-0.4, -0.2) is 29.9 Å². The van der Waals surface area contributed by atoms with Crippen LogP contribution in [0, 0.1) is 18.3 Å². The minimum Gasteiger partial charge on any atom is -0.335 e. The Morgan fingerprint density at radius 1 is 1.26 bits per heavy atom. The number of amides is 1. The average molecular weight is 381 g/mol. The van der Waals surface area contributed by atoms with Crippen LogP contribution in [-0.2, 0) is 11.3 Å². The highest BCUT2D eigenvalue weighted by Crippen LogP contribution is 2.58. The summed E-state index contributed by atoms with van der Waals surface area (Å²) in [6.07, 6.45) is 4.66. The summed E-state index contributed by atoms with van der Waals surface area (Å²) in [5.74, 6) is 1.00. The molecule has 2 saturated carbocycles. The molecular weight excluding hydrogens is 352 g/mol. The van der Waals surface area contributed by atoms with E-state index in [2.05, 4.69) is 58.2 Å². The highest BCUT2D eigenvalue weighted by Gasteiger charge is 2.59. The van der Waals surface area contributed by atoms with Gasteiger partial charge in [0.05, 0.1) is 0 Å². The summed E-state index contributed by atoms with van der Waals surface area (Å²) in [4.78, 5) is 15.8. The average Bonchev–Trinajstić information content (AvgIpc) is 3.55. The van der Waals surface area contributed by atoms with Crippen LogP contribution in [0.25, 0.3) is 0 Å². The molecule has 2 aromatic rings. The van der Waals surface area contributed by atoms with Crippen molar-refractivity contribution in [2.24, 2.45) is 11.3 Å². The van der Waals surface area contributed by atoms with Crippen molar-refractivity contribution in [2.75, 3.05) is 13.1 Å². The van der Waals surface area contributed by atoms with Crippen LogP contribution in [0.15, 0.2) is 41.1 Å². The SMILES string of the molecule is Cc1ccccc1C1CC1C(=O)N(Cc1ccsc1)C1CC12CCNCC2. The van der Waals surface area contributed by atoms with Crippen LogP contribution in [0.2, 0.25) is 0 Å². The predicted molar refractivity (Wildman–Crippen MR) is 110 cm³/mol. The minimum atomic E-state index is 0.184. The highest BCUT2D eigenvalue weighted by molar-refractivity contribution is 7.07. The second-order valence-corrected chi connectivity index (χ2v) is 9.52. The quantitative estimate of drug-likeness (QED) is 0.837. The molecule has 5 rings (SSSR count). The number of rotatable bonds is 5. The number of nitrogens with one attached hydrogen (secondary N) is 1. The van der Waals surface area contributed by atoms with E-state index in [9.17, 15) is 4.79 Å². The van der Waals surface area contributed by atoms with Crippen molar-refractivity contribution in [2.45, 2.75) is 51.1 Å². The number of thiophene rings is 1. The zero-order chi connectivity index (χ0) is 18.4. The van der Waals surface area contributed by atoms with Gasteiger partial charge < -0.3 is 10.2 Å². The Hall–Kier alpha value is -1.65. The third-order valence-electron chi connectivity index (χ3n) is 7.03. The molecule has 2 heterocycles. The van der Waals surface area contributed by atoms with Crippen molar-refractivity contribution in [1.82, 2.24) is 10.2 Å². The van der Waals surface area contributed by atoms with Crippen LogP contribution in [0.4, 0.5) is 0 Å². The van der Waals surface area contributed by atoms with E-state index in [0.29, 0.717) is 23.3 Å². The smallest absolute Gasteiger partial charge is 0.226 e. The zero-order valence-corrected chi connectivity index (χ0v) is 16.8. The normalized spacial score (nSPS) is 28.1. The number of hydrogen-bond donors (Lipinski definition) is 1. The van der Waals surface area contributed by atoms with E-state index >= 15 is 0 Å². The molecule has 0 radical (unpaired) electrons. The first kappa shape index (κ1) is 17.4. The summed E-state index contributed by atoms with van der Waals surface area (Å²) < 4.78 is 0.